The van der Waals surface area contributed by atoms with Gasteiger partial charge in [-0.1, -0.05) is 49.1 Å². The van der Waals surface area contributed by atoms with E-state index < -0.39 is 0 Å². The van der Waals surface area contributed by atoms with Crippen molar-refractivity contribution in [2.24, 2.45) is 4.99 Å². The molecule has 1 aliphatic carbocycles. The van der Waals surface area contributed by atoms with E-state index >= 15 is 0 Å². The summed E-state index contributed by atoms with van der Waals surface area (Å²) in [7, 11) is 0. The van der Waals surface area contributed by atoms with Crippen molar-refractivity contribution in [3.05, 3.63) is 85.2 Å². The first-order valence-corrected chi connectivity index (χ1v) is 8.52. The summed E-state index contributed by atoms with van der Waals surface area (Å²) in [5, 5.41) is 0. The van der Waals surface area contributed by atoms with E-state index in [-0.39, 0.29) is 0 Å². The van der Waals surface area contributed by atoms with E-state index in [1.165, 1.54) is 5.56 Å². The van der Waals surface area contributed by atoms with Gasteiger partial charge in [0.1, 0.15) is 0 Å². The minimum absolute atomic E-state index is 0.309. The van der Waals surface area contributed by atoms with Gasteiger partial charge < -0.3 is 4.90 Å². The molecule has 0 spiro atoms. The zero-order valence-corrected chi connectivity index (χ0v) is 14.4. The largest absolute Gasteiger partial charge is 0.363 e. The van der Waals surface area contributed by atoms with Gasteiger partial charge in [0.2, 0.25) is 0 Å². The van der Waals surface area contributed by atoms with Crippen molar-refractivity contribution in [2.45, 2.75) is 12.5 Å². The second kappa shape index (κ2) is 8.25. The van der Waals surface area contributed by atoms with Crippen LogP contribution in [0.2, 0.25) is 0 Å². The number of hydrogen-bond donors (Lipinski definition) is 0. The van der Waals surface area contributed by atoms with E-state index in [0.717, 1.165) is 29.8 Å². The molecular formula is C22H23N3. The monoisotopic (exact) mass is 329 g/mol. The number of nitrogens with zero attached hydrogens (tertiary/aromatic N) is 3. The number of benzene rings is 1. The SMILES string of the molecule is C=NCCN(C(=C)c1cccc(-c2ccncc2)c1)C1C=CC=CC1. The number of aromatic nitrogens is 1. The fourth-order valence-electron chi connectivity index (χ4n) is 3.07. The second-order valence-electron chi connectivity index (χ2n) is 6.02. The summed E-state index contributed by atoms with van der Waals surface area (Å²) in [5.41, 5.74) is 4.47. The van der Waals surface area contributed by atoms with Gasteiger partial charge >= 0.3 is 0 Å². The van der Waals surface area contributed by atoms with Gasteiger partial charge in [-0.2, -0.15) is 0 Å². The summed E-state index contributed by atoms with van der Waals surface area (Å²) in [6.45, 7) is 9.50. The lowest BCUT2D eigenvalue weighted by Gasteiger charge is -2.33. The van der Waals surface area contributed by atoms with Gasteiger partial charge in [-0.3, -0.25) is 9.98 Å². The molecule has 2 aromatic rings. The van der Waals surface area contributed by atoms with Crippen LogP contribution in [0.25, 0.3) is 16.8 Å². The van der Waals surface area contributed by atoms with Gasteiger partial charge in [0, 0.05) is 24.6 Å². The van der Waals surface area contributed by atoms with Crippen LogP contribution in [-0.2, 0) is 0 Å². The highest BCUT2D eigenvalue weighted by atomic mass is 15.2. The Kier molecular flexibility index (Phi) is 5.57. The highest BCUT2D eigenvalue weighted by Crippen LogP contribution is 2.27. The molecule has 3 rings (SSSR count). The molecule has 0 saturated carbocycles. The Labute approximate surface area is 149 Å². The molecule has 0 aliphatic heterocycles. The molecule has 25 heavy (non-hydrogen) atoms. The summed E-state index contributed by atoms with van der Waals surface area (Å²) in [5.74, 6) is 0. The van der Waals surface area contributed by atoms with E-state index in [0.29, 0.717) is 12.6 Å². The standard InChI is InChI=1S/C22H23N3/c1-18(25(16-15-23-2)22-9-4-3-5-10-22)20-7-6-8-21(17-20)19-11-13-24-14-12-19/h3-9,11-14,17,22H,1-2,10,15-16H2. The van der Waals surface area contributed by atoms with E-state index in [1.807, 2.05) is 24.5 Å². The first-order valence-electron chi connectivity index (χ1n) is 8.52. The van der Waals surface area contributed by atoms with Crippen LogP contribution in [0.15, 0.2) is 84.7 Å². The molecule has 0 amide bonds. The third-order valence-electron chi connectivity index (χ3n) is 4.41. The summed E-state index contributed by atoms with van der Waals surface area (Å²) >= 11 is 0. The van der Waals surface area contributed by atoms with Crippen molar-refractivity contribution in [2.75, 3.05) is 13.1 Å². The van der Waals surface area contributed by atoms with Gasteiger partial charge in [0.15, 0.2) is 0 Å². The predicted octanol–water partition coefficient (Wildman–Crippen LogP) is 4.61. The number of pyridine rings is 1. The fraction of sp³-hybridized carbons (Fsp3) is 0.182. The van der Waals surface area contributed by atoms with Crippen LogP contribution in [0.5, 0.6) is 0 Å². The van der Waals surface area contributed by atoms with E-state index in [9.17, 15) is 0 Å². The highest BCUT2D eigenvalue weighted by molar-refractivity contribution is 5.71. The molecule has 0 fully saturated rings. The number of hydrogen-bond acceptors (Lipinski definition) is 3. The van der Waals surface area contributed by atoms with E-state index in [2.05, 4.69) is 76.7 Å². The highest BCUT2D eigenvalue weighted by Gasteiger charge is 2.18. The molecule has 0 radical (unpaired) electrons. The first-order chi connectivity index (χ1) is 12.3. The Morgan fingerprint density at radius 2 is 2.00 bits per heavy atom. The fourth-order valence-corrected chi connectivity index (χ4v) is 3.07. The van der Waals surface area contributed by atoms with Crippen LogP contribution in [-0.4, -0.2) is 35.7 Å². The van der Waals surface area contributed by atoms with Crippen LogP contribution in [0.1, 0.15) is 12.0 Å². The molecule has 126 valence electrons. The quantitative estimate of drug-likeness (QED) is 0.694. The van der Waals surface area contributed by atoms with Gasteiger partial charge in [0.05, 0.1) is 12.6 Å². The lowest BCUT2D eigenvalue weighted by molar-refractivity contribution is 0.347. The molecular weight excluding hydrogens is 306 g/mol. The van der Waals surface area contributed by atoms with Crippen molar-refractivity contribution in [1.29, 1.82) is 0 Å². The third-order valence-corrected chi connectivity index (χ3v) is 4.41. The maximum Gasteiger partial charge on any atom is 0.0558 e. The Morgan fingerprint density at radius 3 is 2.72 bits per heavy atom. The molecule has 1 aromatic carbocycles. The summed E-state index contributed by atoms with van der Waals surface area (Å²) in [6.07, 6.45) is 13.2. The zero-order valence-electron chi connectivity index (χ0n) is 14.4. The second-order valence-corrected chi connectivity index (χ2v) is 6.02. The molecule has 1 heterocycles. The molecule has 1 aliphatic rings. The van der Waals surface area contributed by atoms with Crippen molar-refractivity contribution < 1.29 is 0 Å². The average molecular weight is 329 g/mol. The molecule has 1 atom stereocenters. The van der Waals surface area contributed by atoms with Crippen LogP contribution in [0.3, 0.4) is 0 Å². The summed E-state index contributed by atoms with van der Waals surface area (Å²) < 4.78 is 0. The zero-order chi connectivity index (χ0) is 17.5. The summed E-state index contributed by atoms with van der Waals surface area (Å²) in [4.78, 5) is 10.4. The van der Waals surface area contributed by atoms with Crippen molar-refractivity contribution in [3.63, 3.8) is 0 Å². The Morgan fingerprint density at radius 1 is 1.16 bits per heavy atom. The van der Waals surface area contributed by atoms with E-state index in [1.54, 1.807) is 0 Å². The Balaban J connectivity index is 1.87. The molecule has 0 N–H and O–H groups in total. The first kappa shape index (κ1) is 16.9. The predicted molar refractivity (Wildman–Crippen MR) is 107 cm³/mol. The van der Waals surface area contributed by atoms with Crippen LogP contribution in [0.4, 0.5) is 0 Å². The van der Waals surface area contributed by atoms with E-state index in [4.69, 9.17) is 0 Å². The molecule has 0 saturated heterocycles. The average Bonchev–Trinajstić information content (AvgIpc) is 2.70. The molecule has 3 nitrogen and oxygen atoms in total. The lowest BCUT2D eigenvalue weighted by atomic mass is 10.0. The number of aliphatic imine (C=N–C) groups is 1. The minimum atomic E-state index is 0.309. The molecule has 3 heteroatoms. The van der Waals surface area contributed by atoms with Crippen LogP contribution < -0.4 is 0 Å². The van der Waals surface area contributed by atoms with Crippen molar-refractivity contribution in [1.82, 2.24) is 9.88 Å². The molecule has 0 bridgehead atoms. The maximum atomic E-state index is 4.38. The molecule has 1 unspecified atom stereocenters. The van der Waals surface area contributed by atoms with Gasteiger partial charge in [-0.05, 0) is 48.0 Å². The third kappa shape index (κ3) is 4.13. The number of allylic oxidation sites excluding steroid dienone is 2. The normalized spacial score (nSPS) is 15.8. The van der Waals surface area contributed by atoms with Crippen molar-refractivity contribution in [3.8, 4) is 11.1 Å². The minimum Gasteiger partial charge on any atom is -0.363 e. The Hall–Kier alpha value is -2.94. The van der Waals surface area contributed by atoms with Crippen LogP contribution >= 0.6 is 0 Å². The van der Waals surface area contributed by atoms with Gasteiger partial charge in [-0.15, -0.1) is 0 Å². The van der Waals surface area contributed by atoms with Gasteiger partial charge in [-0.25, -0.2) is 0 Å². The van der Waals surface area contributed by atoms with Crippen LogP contribution in [0, 0.1) is 0 Å². The lowest BCUT2D eigenvalue weighted by Crippen LogP contribution is -2.34. The topological polar surface area (TPSA) is 28.5 Å². The van der Waals surface area contributed by atoms with Gasteiger partial charge in [0.25, 0.3) is 0 Å². The maximum absolute atomic E-state index is 4.38. The smallest absolute Gasteiger partial charge is 0.0558 e. The number of rotatable bonds is 7. The Bertz CT molecular complexity index is 790. The summed E-state index contributed by atoms with van der Waals surface area (Å²) in [6, 6.07) is 12.9. The van der Waals surface area contributed by atoms with Crippen molar-refractivity contribution >= 4 is 12.4 Å². The molecule has 1 aromatic heterocycles.